The zero-order chi connectivity index (χ0) is 12.0. The summed E-state index contributed by atoms with van der Waals surface area (Å²) in [5.41, 5.74) is 0.973. The standard InChI is InChI=1S/C12H15BrO3/c1-9(14)6-10-2-4-12(5-3-10)16-8-11(15)7-13/h2-5,11,15H,6-8H2,1H3. The van der Waals surface area contributed by atoms with Crippen LogP contribution in [0.15, 0.2) is 24.3 Å². The van der Waals surface area contributed by atoms with Gasteiger partial charge in [0.05, 0.1) is 6.10 Å². The summed E-state index contributed by atoms with van der Waals surface area (Å²) in [6.45, 7) is 1.83. The SMILES string of the molecule is CC(=O)Cc1ccc(OCC(O)CBr)cc1. The van der Waals surface area contributed by atoms with Crippen molar-refractivity contribution < 1.29 is 14.6 Å². The fourth-order valence-electron chi connectivity index (χ4n) is 1.23. The number of halogens is 1. The van der Waals surface area contributed by atoms with Gasteiger partial charge in [0.25, 0.3) is 0 Å². The molecule has 0 spiro atoms. The van der Waals surface area contributed by atoms with E-state index < -0.39 is 6.10 Å². The lowest BCUT2D eigenvalue weighted by Crippen LogP contribution is -2.18. The van der Waals surface area contributed by atoms with Crippen LogP contribution in [0.3, 0.4) is 0 Å². The first kappa shape index (κ1) is 13.2. The lowest BCUT2D eigenvalue weighted by molar-refractivity contribution is -0.116. The molecule has 1 N–H and O–H groups in total. The van der Waals surface area contributed by atoms with Crippen molar-refractivity contribution in [2.24, 2.45) is 0 Å². The van der Waals surface area contributed by atoms with Crippen LogP contribution in [0.4, 0.5) is 0 Å². The van der Waals surface area contributed by atoms with Crippen molar-refractivity contribution in [3.63, 3.8) is 0 Å². The minimum atomic E-state index is -0.503. The number of ketones is 1. The summed E-state index contributed by atoms with van der Waals surface area (Å²) in [5, 5.41) is 9.77. The normalized spacial score (nSPS) is 12.2. The number of aliphatic hydroxyl groups is 1. The highest BCUT2D eigenvalue weighted by Crippen LogP contribution is 2.13. The molecule has 1 atom stereocenters. The third kappa shape index (κ3) is 4.77. The maximum atomic E-state index is 10.9. The van der Waals surface area contributed by atoms with E-state index in [1.165, 1.54) is 0 Å². The Bertz CT molecular complexity index is 335. The Labute approximate surface area is 104 Å². The first-order chi connectivity index (χ1) is 7.61. The Morgan fingerprint density at radius 1 is 1.44 bits per heavy atom. The molecule has 1 rings (SSSR count). The number of hydrogen-bond acceptors (Lipinski definition) is 3. The van der Waals surface area contributed by atoms with Crippen LogP contribution < -0.4 is 4.74 Å². The Morgan fingerprint density at radius 3 is 2.56 bits per heavy atom. The van der Waals surface area contributed by atoms with Crippen molar-refractivity contribution in [2.45, 2.75) is 19.4 Å². The number of alkyl halides is 1. The van der Waals surface area contributed by atoms with Crippen LogP contribution >= 0.6 is 15.9 Å². The first-order valence-corrected chi connectivity index (χ1v) is 6.19. The molecule has 0 aliphatic carbocycles. The zero-order valence-electron chi connectivity index (χ0n) is 9.15. The summed E-state index contributed by atoms with van der Waals surface area (Å²) in [7, 11) is 0. The average Bonchev–Trinajstić information content (AvgIpc) is 2.27. The van der Waals surface area contributed by atoms with Crippen molar-refractivity contribution in [1.82, 2.24) is 0 Å². The molecule has 3 nitrogen and oxygen atoms in total. The quantitative estimate of drug-likeness (QED) is 0.813. The van der Waals surface area contributed by atoms with E-state index in [0.29, 0.717) is 17.5 Å². The van der Waals surface area contributed by atoms with Crippen molar-refractivity contribution >= 4 is 21.7 Å². The second-order valence-corrected chi connectivity index (χ2v) is 4.29. The summed E-state index contributed by atoms with van der Waals surface area (Å²) in [4.78, 5) is 10.9. The molecule has 1 aromatic carbocycles. The van der Waals surface area contributed by atoms with Gasteiger partial charge in [-0.3, -0.25) is 4.79 Å². The smallest absolute Gasteiger partial charge is 0.134 e. The predicted octanol–water partition coefficient (Wildman–Crippen LogP) is 1.95. The van der Waals surface area contributed by atoms with Crippen molar-refractivity contribution in [3.05, 3.63) is 29.8 Å². The van der Waals surface area contributed by atoms with Gasteiger partial charge in [0.15, 0.2) is 0 Å². The van der Waals surface area contributed by atoms with E-state index >= 15 is 0 Å². The molecule has 1 aromatic rings. The Balaban J connectivity index is 2.48. The van der Waals surface area contributed by atoms with Crippen LogP contribution in [-0.2, 0) is 11.2 Å². The van der Waals surface area contributed by atoms with Gasteiger partial charge >= 0.3 is 0 Å². The Hall–Kier alpha value is -0.870. The van der Waals surface area contributed by atoms with Crippen LogP contribution in [0.1, 0.15) is 12.5 Å². The van der Waals surface area contributed by atoms with E-state index in [0.717, 1.165) is 5.56 Å². The van der Waals surface area contributed by atoms with Gasteiger partial charge in [0.1, 0.15) is 18.1 Å². The largest absolute Gasteiger partial charge is 0.491 e. The maximum absolute atomic E-state index is 10.9. The Kier molecular flexibility index (Phi) is 5.49. The minimum Gasteiger partial charge on any atom is -0.491 e. The van der Waals surface area contributed by atoms with E-state index in [2.05, 4.69) is 15.9 Å². The lowest BCUT2D eigenvalue weighted by Gasteiger charge is -2.09. The number of rotatable bonds is 6. The molecule has 0 aromatic heterocycles. The molecule has 0 saturated heterocycles. The number of carbonyl (C=O) groups excluding carboxylic acids is 1. The highest BCUT2D eigenvalue weighted by atomic mass is 79.9. The highest BCUT2D eigenvalue weighted by Gasteiger charge is 2.03. The van der Waals surface area contributed by atoms with Gasteiger partial charge in [0.2, 0.25) is 0 Å². The molecule has 0 amide bonds. The number of Topliss-reactive ketones (excluding diaryl/α,β-unsaturated/α-hetero) is 1. The molecule has 16 heavy (non-hydrogen) atoms. The molecule has 0 fully saturated rings. The van der Waals surface area contributed by atoms with Crippen LogP contribution in [0, 0.1) is 0 Å². The van der Waals surface area contributed by atoms with Gasteiger partial charge in [-0.15, -0.1) is 0 Å². The number of carbonyl (C=O) groups is 1. The van der Waals surface area contributed by atoms with Crippen LogP contribution in [0.2, 0.25) is 0 Å². The summed E-state index contributed by atoms with van der Waals surface area (Å²) in [5.74, 6) is 0.843. The fraction of sp³-hybridized carbons (Fsp3) is 0.417. The van der Waals surface area contributed by atoms with E-state index in [1.807, 2.05) is 12.1 Å². The van der Waals surface area contributed by atoms with Crippen molar-refractivity contribution in [3.8, 4) is 5.75 Å². The summed E-state index contributed by atoms with van der Waals surface area (Å²) >= 11 is 3.16. The molecule has 0 heterocycles. The fourth-order valence-corrected chi connectivity index (χ4v) is 1.41. The van der Waals surface area contributed by atoms with E-state index in [1.54, 1.807) is 19.1 Å². The second-order valence-electron chi connectivity index (χ2n) is 3.64. The third-order valence-electron chi connectivity index (χ3n) is 2.00. The molecule has 0 radical (unpaired) electrons. The summed E-state index contributed by atoms with van der Waals surface area (Å²) in [6.07, 6.45) is -0.0542. The molecule has 0 aliphatic heterocycles. The third-order valence-corrected chi connectivity index (χ3v) is 2.74. The number of aliphatic hydroxyl groups excluding tert-OH is 1. The van der Waals surface area contributed by atoms with E-state index in [9.17, 15) is 9.90 Å². The van der Waals surface area contributed by atoms with Gasteiger partial charge in [-0.1, -0.05) is 28.1 Å². The van der Waals surface area contributed by atoms with Gasteiger partial charge in [0, 0.05) is 11.8 Å². The summed E-state index contributed by atoms with van der Waals surface area (Å²) in [6, 6.07) is 7.33. The van der Waals surface area contributed by atoms with Gasteiger partial charge in [-0.25, -0.2) is 0 Å². The molecule has 1 unspecified atom stereocenters. The van der Waals surface area contributed by atoms with Crippen LogP contribution in [-0.4, -0.2) is 28.9 Å². The molecular weight excluding hydrogens is 272 g/mol. The van der Waals surface area contributed by atoms with Gasteiger partial charge < -0.3 is 9.84 Å². The second kappa shape index (κ2) is 6.66. The zero-order valence-corrected chi connectivity index (χ0v) is 10.7. The molecule has 4 heteroatoms. The molecule has 0 saturated carbocycles. The monoisotopic (exact) mass is 286 g/mol. The van der Waals surface area contributed by atoms with E-state index in [-0.39, 0.29) is 12.4 Å². The van der Waals surface area contributed by atoms with Crippen molar-refractivity contribution in [2.75, 3.05) is 11.9 Å². The highest BCUT2D eigenvalue weighted by molar-refractivity contribution is 9.09. The summed E-state index contributed by atoms with van der Waals surface area (Å²) < 4.78 is 5.35. The number of ether oxygens (including phenoxy) is 1. The van der Waals surface area contributed by atoms with Gasteiger partial charge in [-0.05, 0) is 24.6 Å². The average molecular weight is 287 g/mol. The number of hydrogen-bond donors (Lipinski definition) is 1. The Morgan fingerprint density at radius 2 is 2.06 bits per heavy atom. The number of benzene rings is 1. The van der Waals surface area contributed by atoms with Crippen LogP contribution in [0.5, 0.6) is 5.75 Å². The molecule has 0 bridgehead atoms. The maximum Gasteiger partial charge on any atom is 0.134 e. The van der Waals surface area contributed by atoms with E-state index in [4.69, 9.17) is 4.74 Å². The lowest BCUT2D eigenvalue weighted by atomic mass is 10.1. The molecule has 0 aliphatic rings. The minimum absolute atomic E-state index is 0.142. The van der Waals surface area contributed by atoms with Gasteiger partial charge in [-0.2, -0.15) is 0 Å². The molecular formula is C12H15BrO3. The first-order valence-electron chi connectivity index (χ1n) is 5.07. The topological polar surface area (TPSA) is 46.5 Å². The van der Waals surface area contributed by atoms with Crippen molar-refractivity contribution in [1.29, 1.82) is 0 Å². The predicted molar refractivity (Wildman–Crippen MR) is 66.1 cm³/mol. The van der Waals surface area contributed by atoms with Crippen LogP contribution in [0.25, 0.3) is 0 Å². The molecule has 88 valence electrons.